The van der Waals surface area contributed by atoms with Gasteiger partial charge in [-0.25, -0.2) is 0 Å². The zero-order valence-corrected chi connectivity index (χ0v) is 11.6. The minimum Gasteiger partial charge on any atom is -0.379 e. The molecule has 2 heteroatoms. The Kier molecular flexibility index (Phi) is 4.00. The fourth-order valence-electron chi connectivity index (χ4n) is 2.20. The summed E-state index contributed by atoms with van der Waals surface area (Å²) in [6.45, 7) is 5.84. The van der Waals surface area contributed by atoms with Crippen molar-refractivity contribution in [1.82, 2.24) is 0 Å². The highest BCUT2D eigenvalue weighted by Gasteiger charge is 2.07. The minimum atomic E-state index is 0.0958. The van der Waals surface area contributed by atoms with Gasteiger partial charge in [0.25, 0.3) is 0 Å². The second-order valence-electron chi connectivity index (χ2n) is 4.86. The Bertz CT molecular complexity index is 572. The number of anilines is 1. The summed E-state index contributed by atoms with van der Waals surface area (Å²) in [6, 6.07) is 16.2. The van der Waals surface area contributed by atoms with E-state index in [1.165, 1.54) is 11.1 Å². The van der Waals surface area contributed by atoms with Crippen LogP contribution in [0.25, 0.3) is 0 Å². The molecule has 0 fully saturated rings. The van der Waals surface area contributed by atoms with Crippen LogP contribution in [0.5, 0.6) is 0 Å². The predicted molar refractivity (Wildman–Crippen MR) is 79.7 cm³/mol. The third kappa shape index (κ3) is 3.22. The Morgan fingerprint density at radius 1 is 1.05 bits per heavy atom. The van der Waals surface area contributed by atoms with Crippen molar-refractivity contribution in [2.24, 2.45) is 0 Å². The zero-order valence-electron chi connectivity index (χ0n) is 11.6. The number of Topliss-reactive ketones (excluding diaryl/α,β-unsaturated/α-hetero) is 1. The number of aryl methyl sites for hydroxylation is 1. The van der Waals surface area contributed by atoms with Crippen molar-refractivity contribution in [2.75, 3.05) is 5.32 Å². The highest BCUT2D eigenvalue weighted by molar-refractivity contribution is 5.94. The number of hydrogen-bond donors (Lipinski definition) is 1. The molecule has 1 N–H and O–H groups in total. The van der Waals surface area contributed by atoms with E-state index in [2.05, 4.69) is 37.4 Å². The predicted octanol–water partition coefficient (Wildman–Crippen LogP) is 4.37. The van der Waals surface area contributed by atoms with E-state index in [0.29, 0.717) is 0 Å². The lowest BCUT2D eigenvalue weighted by Gasteiger charge is -2.18. The second kappa shape index (κ2) is 5.70. The van der Waals surface area contributed by atoms with Gasteiger partial charge in [-0.2, -0.15) is 0 Å². The van der Waals surface area contributed by atoms with E-state index in [9.17, 15) is 4.79 Å². The van der Waals surface area contributed by atoms with Crippen LogP contribution in [0.1, 0.15) is 41.4 Å². The van der Waals surface area contributed by atoms with Gasteiger partial charge < -0.3 is 5.32 Å². The summed E-state index contributed by atoms with van der Waals surface area (Å²) in [5, 5.41) is 3.45. The zero-order chi connectivity index (χ0) is 13.8. The van der Waals surface area contributed by atoms with Crippen molar-refractivity contribution in [3.05, 3.63) is 65.2 Å². The van der Waals surface area contributed by atoms with Crippen LogP contribution in [0.15, 0.2) is 48.5 Å². The molecule has 2 nitrogen and oxygen atoms in total. The topological polar surface area (TPSA) is 29.1 Å². The van der Waals surface area contributed by atoms with E-state index in [1.807, 2.05) is 30.3 Å². The SMILES string of the molecule is CC(=O)c1ccc(NC(C)c2ccccc2C)cc1. The summed E-state index contributed by atoms with van der Waals surface area (Å²) in [6.07, 6.45) is 0. The number of hydrogen-bond acceptors (Lipinski definition) is 2. The average molecular weight is 253 g/mol. The molecule has 0 saturated heterocycles. The lowest BCUT2D eigenvalue weighted by molar-refractivity contribution is 0.101. The molecule has 2 aromatic rings. The summed E-state index contributed by atoms with van der Waals surface area (Å²) in [5.74, 6) is 0.0958. The van der Waals surface area contributed by atoms with Gasteiger partial charge in [0.05, 0.1) is 0 Å². The average Bonchev–Trinajstić information content (AvgIpc) is 2.39. The minimum absolute atomic E-state index is 0.0958. The molecule has 0 aromatic heterocycles. The molecule has 0 aliphatic heterocycles. The molecule has 1 atom stereocenters. The van der Waals surface area contributed by atoms with Crippen molar-refractivity contribution in [2.45, 2.75) is 26.8 Å². The molecular formula is C17H19NO. The molecule has 0 heterocycles. The third-order valence-electron chi connectivity index (χ3n) is 3.33. The second-order valence-corrected chi connectivity index (χ2v) is 4.86. The number of carbonyl (C=O) groups excluding carboxylic acids is 1. The third-order valence-corrected chi connectivity index (χ3v) is 3.33. The molecule has 0 saturated carbocycles. The van der Waals surface area contributed by atoms with Gasteiger partial charge in [-0.05, 0) is 56.2 Å². The summed E-state index contributed by atoms with van der Waals surface area (Å²) in [4.78, 5) is 11.2. The van der Waals surface area contributed by atoms with Crippen LogP contribution in [0, 0.1) is 6.92 Å². The van der Waals surface area contributed by atoms with Gasteiger partial charge in [-0.15, -0.1) is 0 Å². The van der Waals surface area contributed by atoms with Crippen LogP contribution in [0.4, 0.5) is 5.69 Å². The fourth-order valence-corrected chi connectivity index (χ4v) is 2.20. The van der Waals surface area contributed by atoms with Crippen molar-refractivity contribution >= 4 is 11.5 Å². The Morgan fingerprint density at radius 2 is 1.68 bits per heavy atom. The van der Waals surface area contributed by atoms with Crippen LogP contribution in [0.3, 0.4) is 0 Å². The number of nitrogens with one attached hydrogen (secondary N) is 1. The lowest BCUT2D eigenvalue weighted by Crippen LogP contribution is -2.08. The van der Waals surface area contributed by atoms with E-state index >= 15 is 0 Å². The Morgan fingerprint density at radius 3 is 2.26 bits per heavy atom. The van der Waals surface area contributed by atoms with Gasteiger partial charge in [0.15, 0.2) is 5.78 Å². The summed E-state index contributed by atoms with van der Waals surface area (Å²) >= 11 is 0. The van der Waals surface area contributed by atoms with E-state index < -0.39 is 0 Å². The van der Waals surface area contributed by atoms with Crippen LogP contribution < -0.4 is 5.32 Å². The summed E-state index contributed by atoms with van der Waals surface area (Å²) in [5.41, 5.74) is 4.34. The van der Waals surface area contributed by atoms with E-state index in [-0.39, 0.29) is 11.8 Å². The molecule has 0 bridgehead atoms. The van der Waals surface area contributed by atoms with Crippen LogP contribution in [-0.2, 0) is 0 Å². The van der Waals surface area contributed by atoms with Crippen LogP contribution >= 0.6 is 0 Å². The first-order chi connectivity index (χ1) is 9.08. The van der Waals surface area contributed by atoms with Gasteiger partial charge in [-0.3, -0.25) is 4.79 Å². The molecule has 0 radical (unpaired) electrons. The van der Waals surface area contributed by atoms with Gasteiger partial charge in [-0.1, -0.05) is 24.3 Å². The van der Waals surface area contributed by atoms with E-state index in [1.54, 1.807) is 6.92 Å². The van der Waals surface area contributed by atoms with Crippen molar-refractivity contribution in [3.8, 4) is 0 Å². The molecule has 98 valence electrons. The molecule has 0 aliphatic rings. The lowest BCUT2D eigenvalue weighted by atomic mass is 10.0. The van der Waals surface area contributed by atoms with Crippen molar-refractivity contribution in [1.29, 1.82) is 0 Å². The summed E-state index contributed by atoms with van der Waals surface area (Å²) in [7, 11) is 0. The monoisotopic (exact) mass is 253 g/mol. The molecule has 2 rings (SSSR count). The Labute approximate surface area is 114 Å². The van der Waals surface area contributed by atoms with E-state index in [4.69, 9.17) is 0 Å². The molecule has 2 aromatic carbocycles. The first-order valence-electron chi connectivity index (χ1n) is 6.51. The maximum absolute atomic E-state index is 11.2. The van der Waals surface area contributed by atoms with Crippen molar-refractivity contribution < 1.29 is 4.79 Å². The van der Waals surface area contributed by atoms with Crippen LogP contribution in [-0.4, -0.2) is 5.78 Å². The molecule has 1 unspecified atom stereocenters. The number of ketones is 1. The first-order valence-corrected chi connectivity index (χ1v) is 6.51. The molecule has 19 heavy (non-hydrogen) atoms. The van der Waals surface area contributed by atoms with Crippen LogP contribution in [0.2, 0.25) is 0 Å². The van der Waals surface area contributed by atoms with Gasteiger partial charge in [0, 0.05) is 17.3 Å². The molecule has 0 aliphatic carbocycles. The normalized spacial score (nSPS) is 11.9. The maximum Gasteiger partial charge on any atom is 0.159 e. The maximum atomic E-state index is 11.2. The van der Waals surface area contributed by atoms with Gasteiger partial charge in [0.1, 0.15) is 0 Å². The Hall–Kier alpha value is -2.09. The molecule has 0 spiro atoms. The highest BCUT2D eigenvalue weighted by Crippen LogP contribution is 2.22. The van der Waals surface area contributed by atoms with Crippen molar-refractivity contribution in [3.63, 3.8) is 0 Å². The largest absolute Gasteiger partial charge is 0.379 e. The number of carbonyl (C=O) groups is 1. The number of benzene rings is 2. The smallest absolute Gasteiger partial charge is 0.159 e. The molecule has 0 amide bonds. The first kappa shape index (κ1) is 13.3. The number of rotatable bonds is 4. The van der Waals surface area contributed by atoms with Gasteiger partial charge in [0.2, 0.25) is 0 Å². The molecular weight excluding hydrogens is 234 g/mol. The fraction of sp³-hybridized carbons (Fsp3) is 0.235. The van der Waals surface area contributed by atoms with E-state index in [0.717, 1.165) is 11.3 Å². The summed E-state index contributed by atoms with van der Waals surface area (Å²) < 4.78 is 0. The quantitative estimate of drug-likeness (QED) is 0.820. The highest BCUT2D eigenvalue weighted by atomic mass is 16.1. The Balaban J connectivity index is 2.13. The standard InChI is InChI=1S/C17H19NO/c1-12-6-4-5-7-17(12)13(2)18-16-10-8-15(9-11-16)14(3)19/h4-11,13,18H,1-3H3. The van der Waals surface area contributed by atoms with Gasteiger partial charge >= 0.3 is 0 Å².